The van der Waals surface area contributed by atoms with Crippen LogP contribution in [-0.2, 0) is 4.79 Å². The minimum atomic E-state index is -0.599. The number of carbonyl (C=O) groups excluding carboxylic acids is 1. The minimum absolute atomic E-state index is 0.00347. The number of aliphatic hydroxyl groups excluding tert-OH is 3. The highest BCUT2D eigenvalue weighted by molar-refractivity contribution is 5.72. The first-order valence-electron chi connectivity index (χ1n) is 5.00. The van der Waals surface area contributed by atoms with Crippen LogP contribution in [0.1, 0.15) is 33.1 Å². The standard InChI is InChI=1S/C7H17NO3.C3H6O/c8-7(1-4-9,2-5-10)3-6-11;1-3(2)4/h9-11H,1-6,8H2;1-2H3. The summed E-state index contributed by atoms with van der Waals surface area (Å²) >= 11 is 0. The van der Waals surface area contributed by atoms with Gasteiger partial charge in [-0.25, -0.2) is 0 Å². The van der Waals surface area contributed by atoms with Crippen molar-refractivity contribution >= 4 is 5.78 Å². The predicted molar refractivity (Wildman–Crippen MR) is 58.4 cm³/mol. The van der Waals surface area contributed by atoms with E-state index in [1.165, 1.54) is 13.8 Å². The summed E-state index contributed by atoms with van der Waals surface area (Å²) in [7, 11) is 0. The highest BCUT2D eigenvalue weighted by atomic mass is 16.3. The second-order valence-electron chi connectivity index (χ2n) is 3.69. The quantitative estimate of drug-likeness (QED) is 0.481. The van der Waals surface area contributed by atoms with Crippen LogP contribution in [0.5, 0.6) is 0 Å². The summed E-state index contributed by atoms with van der Waals surface area (Å²) in [6, 6.07) is 0. The van der Waals surface area contributed by atoms with Gasteiger partial charge in [-0.15, -0.1) is 0 Å². The number of hydrogen-bond acceptors (Lipinski definition) is 5. The molecule has 5 nitrogen and oxygen atoms in total. The predicted octanol–water partition coefficient (Wildman–Crippen LogP) is -0.574. The van der Waals surface area contributed by atoms with E-state index in [0.717, 1.165) is 0 Å². The summed E-state index contributed by atoms with van der Waals surface area (Å²) in [6.45, 7) is 3.05. The molecule has 0 aliphatic carbocycles. The molecule has 0 unspecified atom stereocenters. The van der Waals surface area contributed by atoms with E-state index < -0.39 is 5.54 Å². The van der Waals surface area contributed by atoms with Crippen LogP contribution in [0.3, 0.4) is 0 Å². The van der Waals surface area contributed by atoms with Crippen molar-refractivity contribution in [3.8, 4) is 0 Å². The first-order chi connectivity index (χ1) is 6.91. The summed E-state index contributed by atoms with van der Waals surface area (Å²) in [5, 5.41) is 25.8. The fraction of sp³-hybridized carbons (Fsp3) is 0.900. The first kappa shape index (κ1) is 16.9. The number of Topliss-reactive ketones (excluding diaryl/α,β-unsaturated/α-hetero) is 1. The van der Waals surface area contributed by atoms with Gasteiger partial charge in [-0.3, -0.25) is 0 Å². The summed E-state index contributed by atoms with van der Waals surface area (Å²) in [5.41, 5.74) is 5.15. The number of carbonyl (C=O) groups is 1. The second-order valence-corrected chi connectivity index (χ2v) is 3.69. The van der Waals surface area contributed by atoms with Gasteiger partial charge in [-0.2, -0.15) is 0 Å². The molecule has 92 valence electrons. The Kier molecular flexibility index (Phi) is 11.3. The van der Waals surface area contributed by atoms with Gasteiger partial charge in [-0.05, 0) is 33.1 Å². The minimum Gasteiger partial charge on any atom is -0.396 e. The molecule has 0 aromatic heterocycles. The summed E-state index contributed by atoms with van der Waals surface area (Å²) in [6.07, 6.45) is 1.27. The molecule has 0 heterocycles. The topological polar surface area (TPSA) is 104 Å². The number of hydrogen-bond donors (Lipinski definition) is 4. The molecular formula is C10H23NO4. The molecule has 5 N–H and O–H groups in total. The molecule has 0 aliphatic rings. The van der Waals surface area contributed by atoms with Crippen molar-refractivity contribution in [1.29, 1.82) is 0 Å². The summed E-state index contributed by atoms with van der Waals surface area (Å²) < 4.78 is 0. The Balaban J connectivity index is 0. The molecule has 0 aromatic carbocycles. The number of rotatable bonds is 6. The van der Waals surface area contributed by atoms with Crippen molar-refractivity contribution in [2.45, 2.75) is 38.6 Å². The largest absolute Gasteiger partial charge is 0.396 e. The Bertz CT molecular complexity index is 140. The Morgan fingerprint density at radius 3 is 1.33 bits per heavy atom. The Morgan fingerprint density at radius 2 is 1.20 bits per heavy atom. The molecule has 0 aromatic rings. The smallest absolute Gasteiger partial charge is 0.126 e. The maximum absolute atomic E-state index is 9.44. The Morgan fingerprint density at radius 1 is 1.00 bits per heavy atom. The second kappa shape index (κ2) is 10.0. The van der Waals surface area contributed by atoms with Gasteiger partial charge in [-0.1, -0.05) is 0 Å². The zero-order valence-corrected chi connectivity index (χ0v) is 9.57. The van der Waals surface area contributed by atoms with Crippen molar-refractivity contribution < 1.29 is 20.1 Å². The van der Waals surface area contributed by atoms with E-state index >= 15 is 0 Å². The molecule has 0 saturated carbocycles. The summed E-state index contributed by atoms with van der Waals surface area (Å²) in [4.78, 5) is 9.44. The lowest BCUT2D eigenvalue weighted by Crippen LogP contribution is -2.42. The molecule has 0 saturated heterocycles. The molecule has 0 radical (unpaired) electrons. The Labute approximate surface area is 90.9 Å². The number of aliphatic hydroxyl groups is 3. The molecule has 0 spiro atoms. The maximum atomic E-state index is 9.44. The SMILES string of the molecule is CC(C)=O.NC(CCO)(CCO)CCO. The maximum Gasteiger partial charge on any atom is 0.126 e. The van der Waals surface area contributed by atoms with E-state index in [1.807, 2.05) is 0 Å². The van der Waals surface area contributed by atoms with Gasteiger partial charge in [0.1, 0.15) is 5.78 Å². The van der Waals surface area contributed by atoms with Gasteiger partial charge in [0, 0.05) is 25.4 Å². The van der Waals surface area contributed by atoms with Crippen LogP contribution in [0.2, 0.25) is 0 Å². The lowest BCUT2D eigenvalue weighted by molar-refractivity contribution is -0.114. The highest BCUT2D eigenvalue weighted by Gasteiger charge is 2.22. The zero-order chi connectivity index (χ0) is 12.3. The number of nitrogens with two attached hydrogens (primary N) is 1. The van der Waals surface area contributed by atoms with E-state index in [0.29, 0.717) is 19.3 Å². The van der Waals surface area contributed by atoms with E-state index in [9.17, 15) is 4.79 Å². The van der Waals surface area contributed by atoms with Gasteiger partial charge in [0.05, 0.1) is 0 Å². The third-order valence-electron chi connectivity index (χ3n) is 1.83. The van der Waals surface area contributed by atoms with E-state index in [-0.39, 0.29) is 25.6 Å². The van der Waals surface area contributed by atoms with E-state index in [2.05, 4.69) is 0 Å². The summed E-state index contributed by atoms with van der Waals surface area (Å²) in [5.74, 6) is 0.167. The van der Waals surface area contributed by atoms with Crippen molar-refractivity contribution in [3.63, 3.8) is 0 Å². The monoisotopic (exact) mass is 221 g/mol. The number of ketones is 1. The first-order valence-corrected chi connectivity index (χ1v) is 5.00. The van der Waals surface area contributed by atoms with Crippen LogP contribution < -0.4 is 5.73 Å². The zero-order valence-electron chi connectivity index (χ0n) is 9.57. The molecule has 0 fully saturated rings. The third-order valence-corrected chi connectivity index (χ3v) is 1.83. The third kappa shape index (κ3) is 13.5. The van der Waals surface area contributed by atoms with E-state index in [1.54, 1.807) is 0 Å². The lowest BCUT2D eigenvalue weighted by Gasteiger charge is -2.26. The molecular weight excluding hydrogens is 198 g/mol. The molecule has 0 aliphatic heterocycles. The molecule has 5 heteroatoms. The van der Waals surface area contributed by atoms with E-state index in [4.69, 9.17) is 21.1 Å². The van der Waals surface area contributed by atoms with Gasteiger partial charge in [0.25, 0.3) is 0 Å². The van der Waals surface area contributed by atoms with Crippen LogP contribution in [0, 0.1) is 0 Å². The van der Waals surface area contributed by atoms with Gasteiger partial charge in [0.2, 0.25) is 0 Å². The lowest BCUT2D eigenvalue weighted by atomic mass is 9.90. The average molecular weight is 221 g/mol. The van der Waals surface area contributed by atoms with Crippen LogP contribution in [-0.4, -0.2) is 46.5 Å². The fourth-order valence-electron chi connectivity index (χ4n) is 1.04. The van der Waals surface area contributed by atoms with Gasteiger partial charge in [0.15, 0.2) is 0 Å². The van der Waals surface area contributed by atoms with Crippen molar-refractivity contribution in [1.82, 2.24) is 0 Å². The fourth-order valence-corrected chi connectivity index (χ4v) is 1.04. The van der Waals surface area contributed by atoms with Crippen molar-refractivity contribution in [2.24, 2.45) is 5.73 Å². The molecule has 0 bridgehead atoms. The average Bonchev–Trinajstić information content (AvgIpc) is 2.03. The van der Waals surface area contributed by atoms with Crippen LogP contribution in [0.25, 0.3) is 0 Å². The Hall–Kier alpha value is -0.490. The highest BCUT2D eigenvalue weighted by Crippen LogP contribution is 2.15. The van der Waals surface area contributed by atoms with Crippen molar-refractivity contribution in [3.05, 3.63) is 0 Å². The molecule has 0 amide bonds. The van der Waals surface area contributed by atoms with Gasteiger partial charge < -0.3 is 25.8 Å². The normalized spacial score (nSPS) is 10.5. The van der Waals surface area contributed by atoms with Crippen LogP contribution in [0.15, 0.2) is 0 Å². The van der Waals surface area contributed by atoms with Crippen molar-refractivity contribution in [2.75, 3.05) is 19.8 Å². The van der Waals surface area contributed by atoms with Crippen LogP contribution >= 0.6 is 0 Å². The molecule has 15 heavy (non-hydrogen) atoms. The van der Waals surface area contributed by atoms with Crippen LogP contribution in [0.4, 0.5) is 0 Å². The molecule has 0 atom stereocenters. The molecule has 0 rings (SSSR count). The van der Waals surface area contributed by atoms with Gasteiger partial charge >= 0.3 is 0 Å².